The molecule has 0 saturated carbocycles. The van der Waals surface area contributed by atoms with Crippen molar-refractivity contribution in [3.63, 3.8) is 0 Å². The van der Waals surface area contributed by atoms with Crippen molar-refractivity contribution in [1.82, 2.24) is 15.0 Å². The van der Waals surface area contributed by atoms with Gasteiger partial charge in [0.2, 0.25) is 0 Å². The van der Waals surface area contributed by atoms with Gasteiger partial charge in [-0.1, -0.05) is 18.2 Å². The highest BCUT2D eigenvalue weighted by Crippen LogP contribution is 2.38. The summed E-state index contributed by atoms with van der Waals surface area (Å²) in [6, 6.07) is 7.02. The van der Waals surface area contributed by atoms with E-state index in [0.717, 1.165) is 0 Å². The molecule has 0 saturated heterocycles. The molecule has 2 aromatic heterocycles. The maximum Gasteiger partial charge on any atom is 0.434 e. The summed E-state index contributed by atoms with van der Waals surface area (Å²) in [6.45, 7) is 1.46. The number of benzene rings is 1. The van der Waals surface area contributed by atoms with Gasteiger partial charge >= 0.3 is 6.18 Å². The third kappa shape index (κ3) is 2.22. The van der Waals surface area contributed by atoms with Crippen LogP contribution in [0.4, 0.5) is 19.0 Å². The topological polar surface area (TPSA) is 41.9 Å². The van der Waals surface area contributed by atoms with Gasteiger partial charge in [-0.3, -0.25) is 0 Å². The van der Waals surface area contributed by atoms with Crippen molar-refractivity contribution < 1.29 is 13.2 Å². The first-order chi connectivity index (χ1) is 10.3. The fraction of sp³-hybridized carbons (Fsp3) is 0.267. The first-order valence-electron chi connectivity index (χ1n) is 6.60. The number of aromatic nitrogens is 3. The molecule has 2 heterocycles. The van der Waals surface area contributed by atoms with Crippen LogP contribution in [0, 0.1) is 6.92 Å². The summed E-state index contributed by atoms with van der Waals surface area (Å²) in [7, 11) is 3.30. The van der Waals surface area contributed by atoms with Gasteiger partial charge in [0.25, 0.3) is 0 Å². The number of hydrogen-bond acceptors (Lipinski definition) is 4. The van der Waals surface area contributed by atoms with Crippen LogP contribution in [0.25, 0.3) is 21.8 Å². The average Bonchev–Trinajstić information content (AvgIpc) is 2.44. The van der Waals surface area contributed by atoms with Crippen LogP contribution in [0.15, 0.2) is 24.3 Å². The normalized spacial score (nSPS) is 12.1. The predicted molar refractivity (Wildman–Crippen MR) is 78.9 cm³/mol. The number of hydrogen-bond donors (Lipinski definition) is 0. The fourth-order valence-electron chi connectivity index (χ4n) is 2.45. The Labute approximate surface area is 124 Å². The zero-order valence-electron chi connectivity index (χ0n) is 12.2. The van der Waals surface area contributed by atoms with E-state index in [-0.39, 0.29) is 22.5 Å². The van der Waals surface area contributed by atoms with Gasteiger partial charge in [-0.25, -0.2) is 15.0 Å². The Morgan fingerprint density at radius 2 is 1.68 bits per heavy atom. The molecule has 3 rings (SSSR count). The number of para-hydroxylation sites is 1. The summed E-state index contributed by atoms with van der Waals surface area (Å²) >= 11 is 0. The minimum absolute atomic E-state index is 0.0678. The van der Waals surface area contributed by atoms with Gasteiger partial charge in [-0.2, -0.15) is 13.2 Å². The van der Waals surface area contributed by atoms with Gasteiger partial charge in [-0.05, 0) is 13.0 Å². The molecule has 22 heavy (non-hydrogen) atoms. The lowest BCUT2D eigenvalue weighted by molar-refractivity contribution is -0.139. The highest BCUT2D eigenvalue weighted by atomic mass is 19.4. The quantitative estimate of drug-likeness (QED) is 0.645. The number of aryl methyl sites for hydroxylation is 1. The van der Waals surface area contributed by atoms with Crippen LogP contribution in [-0.4, -0.2) is 29.0 Å². The molecule has 0 aliphatic heterocycles. The average molecular weight is 306 g/mol. The van der Waals surface area contributed by atoms with E-state index in [1.54, 1.807) is 43.3 Å². The maximum absolute atomic E-state index is 13.4. The lowest BCUT2D eigenvalue weighted by Gasteiger charge is -2.19. The Morgan fingerprint density at radius 1 is 1.00 bits per heavy atom. The largest absolute Gasteiger partial charge is 0.434 e. The molecule has 0 amide bonds. The van der Waals surface area contributed by atoms with Crippen LogP contribution in [0.1, 0.15) is 11.5 Å². The first-order valence-corrected chi connectivity index (χ1v) is 6.60. The molecule has 7 heteroatoms. The molecule has 1 aromatic carbocycles. The van der Waals surface area contributed by atoms with E-state index < -0.39 is 11.9 Å². The Morgan fingerprint density at radius 3 is 2.32 bits per heavy atom. The van der Waals surface area contributed by atoms with Crippen LogP contribution in [0.5, 0.6) is 0 Å². The summed E-state index contributed by atoms with van der Waals surface area (Å²) in [6.07, 6.45) is -4.57. The lowest BCUT2D eigenvalue weighted by atomic mass is 10.1. The number of halogens is 3. The highest BCUT2D eigenvalue weighted by Gasteiger charge is 2.37. The molecule has 4 nitrogen and oxygen atoms in total. The smallest absolute Gasteiger partial charge is 0.362 e. The summed E-state index contributed by atoms with van der Waals surface area (Å²) < 4.78 is 40.2. The molecule has 0 bridgehead atoms. The number of rotatable bonds is 1. The van der Waals surface area contributed by atoms with Gasteiger partial charge in [0.05, 0.1) is 16.4 Å². The Balaban J connectivity index is 2.60. The third-order valence-electron chi connectivity index (χ3n) is 3.32. The Bertz CT molecular complexity index is 872. The van der Waals surface area contributed by atoms with Crippen molar-refractivity contribution in [3.8, 4) is 0 Å². The number of pyridine rings is 1. The number of nitrogens with zero attached hydrogens (tertiary/aromatic N) is 4. The number of alkyl halides is 3. The van der Waals surface area contributed by atoms with Crippen LogP contribution in [0.3, 0.4) is 0 Å². The third-order valence-corrected chi connectivity index (χ3v) is 3.32. The monoisotopic (exact) mass is 306 g/mol. The van der Waals surface area contributed by atoms with Gasteiger partial charge in [0.1, 0.15) is 11.6 Å². The van der Waals surface area contributed by atoms with Gasteiger partial charge < -0.3 is 4.90 Å². The molecule has 0 aliphatic rings. The molecule has 3 aromatic rings. The van der Waals surface area contributed by atoms with Gasteiger partial charge in [-0.15, -0.1) is 0 Å². The number of fused-ring (bicyclic) bond motifs is 3. The molecule has 0 unspecified atom stereocenters. The number of anilines is 1. The molecule has 0 radical (unpaired) electrons. The van der Waals surface area contributed by atoms with E-state index in [4.69, 9.17) is 0 Å². The zero-order chi connectivity index (χ0) is 16.1. The van der Waals surface area contributed by atoms with E-state index in [2.05, 4.69) is 15.0 Å². The van der Waals surface area contributed by atoms with Gasteiger partial charge in [0.15, 0.2) is 5.69 Å². The Hall–Kier alpha value is -2.44. The maximum atomic E-state index is 13.4. The predicted octanol–water partition coefficient (Wildman–Crippen LogP) is 3.57. The zero-order valence-corrected chi connectivity index (χ0v) is 12.2. The molecule has 0 fully saturated rings. The van der Waals surface area contributed by atoms with E-state index in [1.165, 1.54) is 6.92 Å². The summed E-state index contributed by atoms with van der Waals surface area (Å²) in [5.74, 6) is 0.293. The van der Waals surface area contributed by atoms with Crippen LogP contribution in [-0.2, 0) is 6.18 Å². The minimum Gasteiger partial charge on any atom is -0.362 e. The molecular weight excluding hydrogens is 293 g/mol. The molecule has 0 aliphatic carbocycles. The molecule has 0 atom stereocenters. The van der Waals surface area contributed by atoms with E-state index in [9.17, 15) is 13.2 Å². The van der Waals surface area contributed by atoms with Crippen LogP contribution in [0.2, 0.25) is 0 Å². The van der Waals surface area contributed by atoms with Crippen LogP contribution >= 0.6 is 0 Å². The van der Waals surface area contributed by atoms with Crippen molar-refractivity contribution in [3.05, 3.63) is 35.8 Å². The SMILES string of the molecule is Cc1nc(C(F)(F)F)c2c(N(C)C)nc3ccccc3c2n1. The van der Waals surface area contributed by atoms with Crippen molar-refractivity contribution in [2.75, 3.05) is 19.0 Å². The lowest BCUT2D eigenvalue weighted by Crippen LogP contribution is -2.17. The molecule has 0 spiro atoms. The molecule has 0 N–H and O–H groups in total. The second kappa shape index (κ2) is 4.79. The highest BCUT2D eigenvalue weighted by molar-refractivity contribution is 6.09. The summed E-state index contributed by atoms with van der Waals surface area (Å²) in [5, 5.41) is 0.515. The Kier molecular flexibility index (Phi) is 3.16. The fourth-order valence-corrected chi connectivity index (χ4v) is 2.45. The minimum atomic E-state index is -4.57. The van der Waals surface area contributed by atoms with Crippen LogP contribution < -0.4 is 4.90 Å². The molecular formula is C15H13F3N4. The van der Waals surface area contributed by atoms with Crippen molar-refractivity contribution in [2.24, 2.45) is 0 Å². The van der Waals surface area contributed by atoms with Gasteiger partial charge in [0, 0.05) is 19.5 Å². The second-order valence-corrected chi connectivity index (χ2v) is 5.19. The van der Waals surface area contributed by atoms with E-state index in [0.29, 0.717) is 10.9 Å². The van der Waals surface area contributed by atoms with E-state index in [1.807, 2.05) is 0 Å². The van der Waals surface area contributed by atoms with Crippen molar-refractivity contribution in [2.45, 2.75) is 13.1 Å². The first kappa shape index (κ1) is 14.5. The molecule has 114 valence electrons. The van der Waals surface area contributed by atoms with E-state index >= 15 is 0 Å². The second-order valence-electron chi connectivity index (χ2n) is 5.19. The summed E-state index contributed by atoms with van der Waals surface area (Å²) in [5.41, 5.74) is -0.0731. The summed E-state index contributed by atoms with van der Waals surface area (Å²) in [4.78, 5) is 13.8. The van der Waals surface area contributed by atoms with Crippen molar-refractivity contribution >= 4 is 27.6 Å². The van der Waals surface area contributed by atoms with Crippen molar-refractivity contribution in [1.29, 1.82) is 0 Å². The standard InChI is InChI=1S/C15H13F3N4/c1-8-19-12-9-6-4-5-7-10(9)21-14(22(2)3)11(12)13(20-8)15(16,17)18/h4-7H,1-3H3.